The lowest BCUT2D eigenvalue weighted by Gasteiger charge is -2.28. The van der Waals surface area contributed by atoms with Crippen molar-refractivity contribution < 1.29 is 62.0 Å². The van der Waals surface area contributed by atoms with Crippen LogP contribution in [0.3, 0.4) is 0 Å². The van der Waals surface area contributed by atoms with E-state index < -0.39 is 72.0 Å². The Bertz CT molecular complexity index is 2480. The molecule has 1 aromatic heterocycles. The maximum atomic E-state index is 14.3. The minimum atomic E-state index is -1.46. The maximum Gasteiger partial charge on any atom is 0.326 e. The first kappa shape index (κ1) is 49.9. The number of carbonyl (C=O) groups excluding carboxylic acids is 5. The van der Waals surface area contributed by atoms with Gasteiger partial charge >= 0.3 is 11.9 Å². The fourth-order valence-corrected chi connectivity index (χ4v) is 8.19. The third-order valence-corrected chi connectivity index (χ3v) is 12.0. The number of nitrogens with zero attached hydrogens (tertiary/aromatic N) is 1. The molecule has 19 heteroatoms. The SMILES string of the molecule is COc1ccc2c(c1)c(CC(=O)NC(CCC(=O)NC(CCCCNC(=O)COC1CC=C(c3ccc(F)cc3F)CC1C(=O)O)C(=O)SC)C(=O)O)c(C)n2C(=O)c1ccc(Cl)cc1. The van der Waals surface area contributed by atoms with Crippen molar-refractivity contribution in [3.63, 3.8) is 0 Å². The molecule has 65 heavy (non-hydrogen) atoms. The van der Waals surface area contributed by atoms with Crippen molar-refractivity contribution in [1.29, 1.82) is 0 Å². The van der Waals surface area contributed by atoms with Crippen LogP contribution in [-0.4, -0.2) is 100 Å². The van der Waals surface area contributed by atoms with Gasteiger partial charge in [-0.1, -0.05) is 29.4 Å². The Morgan fingerprint density at radius 3 is 2.29 bits per heavy atom. The van der Waals surface area contributed by atoms with E-state index in [1.165, 1.54) is 17.7 Å². The van der Waals surface area contributed by atoms with Crippen LogP contribution in [0.4, 0.5) is 8.78 Å². The third-order valence-electron chi connectivity index (χ3n) is 11.0. The van der Waals surface area contributed by atoms with E-state index in [1.807, 2.05) is 0 Å². The zero-order valence-electron chi connectivity index (χ0n) is 35.8. The Morgan fingerprint density at radius 2 is 1.63 bits per heavy atom. The topological polar surface area (TPSA) is 219 Å². The van der Waals surface area contributed by atoms with Gasteiger partial charge in [0, 0.05) is 46.3 Å². The predicted molar refractivity (Wildman–Crippen MR) is 239 cm³/mol. The molecule has 4 unspecified atom stereocenters. The molecule has 4 aromatic rings. The second kappa shape index (κ2) is 23.2. The summed E-state index contributed by atoms with van der Waals surface area (Å²) in [5.41, 5.74) is 2.29. The van der Waals surface area contributed by atoms with Crippen LogP contribution in [0.2, 0.25) is 5.02 Å². The average molecular weight is 939 g/mol. The van der Waals surface area contributed by atoms with Gasteiger partial charge < -0.3 is 35.6 Å². The van der Waals surface area contributed by atoms with E-state index in [9.17, 15) is 52.6 Å². The van der Waals surface area contributed by atoms with Gasteiger partial charge in [-0.15, -0.1) is 0 Å². The van der Waals surface area contributed by atoms with Crippen molar-refractivity contribution in [2.24, 2.45) is 5.92 Å². The highest BCUT2D eigenvalue weighted by Gasteiger charge is 2.34. The summed E-state index contributed by atoms with van der Waals surface area (Å²) in [7, 11) is 1.48. The molecule has 5 N–H and O–H groups in total. The number of methoxy groups -OCH3 is 1. The lowest BCUT2D eigenvalue weighted by atomic mass is 9.83. The zero-order valence-corrected chi connectivity index (χ0v) is 37.4. The number of carbonyl (C=O) groups is 7. The standard InChI is InChI=1S/C46H49ClF2N4O11S/c1-25-32(33-22-30(63-2)13-16-38(33)53(25)43(57)26-7-10-28(47)11-8-26)23-41(55)51-36(45(60)61)15-18-40(54)52-37(46(62)65-3)6-4-5-19-50-42(56)24-64-39-17-9-27(20-34(39)44(58)59)31-14-12-29(48)21-35(31)49/h7-14,16,21-22,34,36-37,39H,4-6,15,17-20,23-24H2,1-3H3,(H,50,56)(H,51,55)(H,52,54)(H,58,59)(H,60,61). The summed E-state index contributed by atoms with van der Waals surface area (Å²) in [5.74, 6) is -6.86. The largest absolute Gasteiger partial charge is 0.497 e. The summed E-state index contributed by atoms with van der Waals surface area (Å²) >= 11 is 6.93. The number of carboxylic acids is 2. The molecule has 1 heterocycles. The molecule has 0 saturated carbocycles. The van der Waals surface area contributed by atoms with E-state index in [0.717, 1.165) is 23.9 Å². The Hall–Kier alpha value is -6.11. The smallest absolute Gasteiger partial charge is 0.326 e. The number of thioether (sulfide) groups is 1. The van der Waals surface area contributed by atoms with E-state index in [-0.39, 0.29) is 61.7 Å². The Labute approximate surface area is 382 Å². The van der Waals surface area contributed by atoms with Gasteiger partial charge in [-0.2, -0.15) is 0 Å². The third kappa shape index (κ3) is 13.2. The number of allylic oxidation sites excluding steroid dienone is 1. The highest BCUT2D eigenvalue weighted by Crippen LogP contribution is 2.35. The van der Waals surface area contributed by atoms with Crippen LogP contribution < -0.4 is 20.7 Å². The van der Waals surface area contributed by atoms with Crippen molar-refractivity contribution in [2.45, 2.75) is 76.5 Å². The number of unbranched alkanes of at least 4 members (excludes halogenated alkanes) is 1. The Morgan fingerprint density at radius 1 is 0.908 bits per heavy atom. The van der Waals surface area contributed by atoms with Crippen LogP contribution in [0.25, 0.3) is 16.5 Å². The number of benzene rings is 3. The summed E-state index contributed by atoms with van der Waals surface area (Å²) in [6.07, 6.45) is 2.43. The second-order valence-electron chi connectivity index (χ2n) is 15.3. The van der Waals surface area contributed by atoms with Crippen LogP contribution in [-0.2, 0) is 39.9 Å². The van der Waals surface area contributed by atoms with Crippen LogP contribution in [0.5, 0.6) is 5.75 Å². The molecule has 3 amide bonds. The molecule has 15 nitrogen and oxygen atoms in total. The molecule has 0 radical (unpaired) electrons. The zero-order chi connectivity index (χ0) is 47.4. The summed E-state index contributed by atoms with van der Waals surface area (Å²) < 4.78 is 40.2. The molecule has 1 aliphatic carbocycles. The van der Waals surface area contributed by atoms with Gasteiger partial charge in [0.05, 0.1) is 37.1 Å². The van der Waals surface area contributed by atoms with E-state index >= 15 is 0 Å². The highest BCUT2D eigenvalue weighted by molar-refractivity contribution is 8.13. The number of aliphatic carboxylic acids is 2. The predicted octanol–water partition coefficient (Wildman–Crippen LogP) is 6.09. The molecule has 0 aliphatic heterocycles. The number of aromatic nitrogens is 1. The van der Waals surface area contributed by atoms with Gasteiger partial charge in [0.2, 0.25) is 22.8 Å². The van der Waals surface area contributed by atoms with Gasteiger partial charge in [-0.25, -0.2) is 13.6 Å². The summed E-state index contributed by atoms with van der Waals surface area (Å²) in [5, 5.41) is 28.2. The first-order valence-electron chi connectivity index (χ1n) is 20.6. The van der Waals surface area contributed by atoms with Crippen molar-refractivity contribution >= 4 is 80.5 Å². The van der Waals surface area contributed by atoms with Crippen LogP contribution in [0.1, 0.15) is 72.1 Å². The summed E-state index contributed by atoms with van der Waals surface area (Å²) in [6, 6.07) is 12.1. The minimum absolute atomic E-state index is 0.0739. The van der Waals surface area contributed by atoms with Gasteiger partial charge in [-0.05, 0) is 117 Å². The number of fused-ring (bicyclic) bond motifs is 1. The maximum absolute atomic E-state index is 14.3. The first-order chi connectivity index (χ1) is 31.0. The number of amides is 3. The number of ether oxygens (including phenoxy) is 2. The van der Waals surface area contributed by atoms with E-state index in [2.05, 4.69) is 16.0 Å². The monoisotopic (exact) mass is 938 g/mol. The number of hydrogen-bond donors (Lipinski definition) is 5. The molecule has 0 bridgehead atoms. The normalized spacial score (nSPS) is 15.6. The van der Waals surface area contributed by atoms with Crippen molar-refractivity contribution in [3.05, 3.63) is 106 Å². The Balaban J connectivity index is 1.09. The first-order valence-corrected chi connectivity index (χ1v) is 22.2. The Kier molecular flexibility index (Phi) is 17.8. The van der Waals surface area contributed by atoms with Gasteiger partial charge in [-0.3, -0.25) is 33.3 Å². The molecule has 3 aromatic carbocycles. The lowest BCUT2D eigenvalue weighted by Crippen LogP contribution is -2.44. The molecular formula is C46H49ClF2N4O11S. The van der Waals surface area contributed by atoms with Crippen LogP contribution in [0, 0.1) is 24.5 Å². The summed E-state index contributed by atoms with van der Waals surface area (Å²) in [6.45, 7) is 1.43. The van der Waals surface area contributed by atoms with E-state index in [4.69, 9.17) is 21.1 Å². The van der Waals surface area contributed by atoms with Crippen molar-refractivity contribution in [1.82, 2.24) is 20.5 Å². The molecule has 4 atom stereocenters. The van der Waals surface area contributed by atoms with Gasteiger partial charge in [0.1, 0.15) is 30.0 Å². The fourth-order valence-electron chi connectivity index (χ4n) is 7.60. The van der Waals surface area contributed by atoms with Crippen LogP contribution >= 0.6 is 23.4 Å². The minimum Gasteiger partial charge on any atom is -0.497 e. The highest BCUT2D eigenvalue weighted by atomic mass is 35.5. The number of rotatable bonds is 21. The molecule has 346 valence electrons. The number of carboxylic acid groups (broad SMARTS) is 2. The number of nitrogens with one attached hydrogen (secondary N) is 3. The molecule has 5 rings (SSSR count). The van der Waals surface area contributed by atoms with Crippen LogP contribution in [0.15, 0.2) is 66.7 Å². The van der Waals surface area contributed by atoms with Crippen molar-refractivity contribution in [3.8, 4) is 5.75 Å². The fraction of sp³-hybridized carbons (Fsp3) is 0.370. The average Bonchev–Trinajstić information content (AvgIpc) is 3.54. The van der Waals surface area contributed by atoms with E-state index in [0.29, 0.717) is 56.9 Å². The molecule has 0 spiro atoms. The van der Waals surface area contributed by atoms with Gasteiger partial charge in [0.15, 0.2) is 0 Å². The van der Waals surface area contributed by atoms with Crippen molar-refractivity contribution in [2.75, 3.05) is 26.5 Å². The van der Waals surface area contributed by atoms with E-state index in [1.54, 1.807) is 61.7 Å². The second-order valence-corrected chi connectivity index (χ2v) is 16.6. The van der Waals surface area contributed by atoms with Gasteiger partial charge in [0.25, 0.3) is 5.91 Å². The molecule has 1 aliphatic rings. The molecule has 0 fully saturated rings. The summed E-state index contributed by atoms with van der Waals surface area (Å²) in [4.78, 5) is 89.6. The molecular weight excluding hydrogens is 890 g/mol. The lowest BCUT2D eigenvalue weighted by molar-refractivity contribution is -0.149. The molecule has 0 saturated heterocycles. The number of hydrogen-bond acceptors (Lipinski definition) is 10. The quantitative estimate of drug-likeness (QED) is 0.0600. The number of halogens is 3.